The Morgan fingerprint density at radius 2 is 1.80 bits per heavy atom. The number of hydrogen-bond acceptors (Lipinski definition) is 6. The number of nitro groups is 1. The van der Waals surface area contributed by atoms with Crippen molar-refractivity contribution in [3.8, 4) is 5.75 Å². The second kappa shape index (κ2) is 8.83. The molecule has 0 bridgehead atoms. The molecule has 1 heterocycles. The van der Waals surface area contributed by atoms with Crippen LogP contribution >= 0.6 is 0 Å². The molecule has 148 valence electrons. The predicted molar refractivity (Wildman–Crippen MR) is 117 cm³/mol. The maximum absolute atomic E-state index is 11.0. The number of benzene rings is 3. The average Bonchev–Trinajstić information content (AvgIpc) is 2.78. The summed E-state index contributed by atoms with van der Waals surface area (Å²) in [5, 5.41) is 17.4. The molecule has 0 unspecified atom stereocenters. The first kappa shape index (κ1) is 19.1. The first-order valence-corrected chi connectivity index (χ1v) is 9.28. The van der Waals surface area contributed by atoms with Crippen LogP contribution in [0.15, 0.2) is 90.2 Å². The fraction of sp³-hybridized carbons (Fsp3) is 0.0435. The monoisotopic (exact) mass is 398 g/mol. The summed E-state index contributed by atoms with van der Waals surface area (Å²) in [6.45, 7) is 0.475. The van der Waals surface area contributed by atoms with Crippen molar-refractivity contribution in [2.24, 2.45) is 5.10 Å². The lowest BCUT2D eigenvalue weighted by Gasteiger charge is -2.07. The van der Waals surface area contributed by atoms with E-state index in [9.17, 15) is 10.1 Å². The summed E-state index contributed by atoms with van der Waals surface area (Å²) in [5.74, 6) is 0.836. The van der Waals surface area contributed by atoms with E-state index in [2.05, 4.69) is 45.8 Å². The largest absolute Gasteiger partial charge is 0.489 e. The van der Waals surface area contributed by atoms with Gasteiger partial charge in [0.2, 0.25) is 5.82 Å². The fourth-order valence-corrected chi connectivity index (χ4v) is 2.94. The van der Waals surface area contributed by atoms with Crippen LogP contribution < -0.4 is 10.2 Å². The van der Waals surface area contributed by atoms with E-state index in [1.54, 1.807) is 6.21 Å². The van der Waals surface area contributed by atoms with Crippen LogP contribution in [0, 0.1) is 10.1 Å². The topological polar surface area (TPSA) is 89.7 Å². The molecular formula is C23H18N4O3. The second-order valence-electron chi connectivity index (χ2n) is 6.54. The second-order valence-corrected chi connectivity index (χ2v) is 6.54. The molecule has 1 aromatic heterocycles. The van der Waals surface area contributed by atoms with Gasteiger partial charge in [-0.2, -0.15) is 5.10 Å². The van der Waals surface area contributed by atoms with E-state index < -0.39 is 4.92 Å². The molecule has 7 heteroatoms. The van der Waals surface area contributed by atoms with E-state index in [0.29, 0.717) is 6.61 Å². The van der Waals surface area contributed by atoms with E-state index in [1.165, 1.54) is 29.1 Å². The number of pyridine rings is 1. The Hall–Kier alpha value is -4.26. The number of ether oxygens (including phenoxy) is 1. The average molecular weight is 398 g/mol. The first-order valence-electron chi connectivity index (χ1n) is 9.28. The van der Waals surface area contributed by atoms with Crippen LogP contribution in [0.3, 0.4) is 0 Å². The van der Waals surface area contributed by atoms with Crippen molar-refractivity contribution >= 4 is 28.5 Å². The minimum Gasteiger partial charge on any atom is -0.489 e. The van der Waals surface area contributed by atoms with Crippen molar-refractivity contribution in [2.45, 2.75) is 6.61 Å². The minimum atomic E-state index is -0.507. The van der Waals surface area contributed by atoms with Crippen molar-refractivity contribution < 1.29 is 9.66 Å². The highest BCUT2D eigenvalue weighted by Gasteiger charge is 2.12. The zero-order valence-corrected chi connectivity index (χ0v) is 15.9. The van der Waals surface area contributed by atoms with Crippen molar-refractivity contribution in [3.63, 3.8) is 0 Å². The van der Waals surface area contributed by atoms with Gasteiger partial charge in [0.1, 0.15) is 12.4 Å². The van der Waals surface area contributed by atoms with Crippen molar-refractivity contribution in [2.75, 3.05) is 5.43 Å². The number of aromatic nitrogens is 1. The van der Waals surface area contributed by atoms with Crippen LogP contribution in [0.25, 0.3) is 10.8 Å². The Balaban J connectivity index is 1.35. The lowest BCUT2D eigenvalue weighted by molar-refractivity contribution is -0.384. The van der Waals surface area contributed by atoms with Gasteiger partial charge in [0.05, 0.1) is 11.1 Å². The maximum Gasteiger partial charge on any atom is 0.313 e. The van der Waals surface area contributed by atoms with Gasteiger partial charge >= 0.3 is 5.69 Å². The molecule has 0 saturated carbocycles. The van der Waals surface area contributed by atoms with Crippen molar-refractivity contribution in [1.82, 2.24) is 4.98 Å². The molecule has 0 aliphatic heterocycles. The highest BCUT2D eigenvalue weighted by atomic mass is 16.6. The number of hydrazone groups is 1. The molecule has 0 aliphatic rings. The molecule has 0 spiro atoms. The Morgan fingerprint density at radius 1 is 1.00 bits per heavy atom. The molecule has 4 aromatic rings. The SMILES string of the molecule is O=[N+]([O-])c1cccnc1N/N=C\c1ccc(OCc2ccc3ccccc3c2)cc1. The Morgan fingerprint density at radius 3 is 2.60 bits per heavy atom. The Kier molecular flexibility index (Phi) is 5.61. The third-order valence-corrected chi connectivity index (χ3v) is 4.47. The number of nitrogens with zero attached hydrogens (tertiary/aromatic N) is 3. The van der Waals surface area contributed by atoms with Gasteiger partial charge in [-0.25, -0.2) is 4.98 Å². The van der Waals surface area contributed by atoms with Gasteiger partial charge in [0, 0.05) is 12.3 Å². The zero-order valence-electron chi connectivity index (χ0n) is 15.9. The highest BCUT2D eigenvalue weighted by molar-refractivity contribution is 5.83. The Bertz CT molecular complexity index is 1210. The first-order chi connectivity index (χ1) is 14.7. The van der Waals surface area contributed by atoms with E-state index >= 15 is 0 Å². The number of hydrogen-bond donors (Lipinski definition) is 1. The van der Waals surface area contributed by atoms with E-state index in [0.717, 1.165) is 16.9 Å². The molecule has 0 atom stereocenters. The number of anilines is 1. The quantitative estimate of drug-likeness (QED) is 0.264. The van der Waals surface area contributed by atoms with Crippen molar-refractivity contribution in [3.05, 3.63) is 106 Å². The lowest BCUT2D eigenvalue weighted by atomic mass is 10.1. The number of rotatable bonds is 7. The van der Waals surface area contributed by atoms with Crippen LogP contribution in [0.2, 0.25) is 0 Å². The molecule has 7 nitrogen and oxygen atoms in total. The van der Waals surface area contributed by atoms with E-state index in [-0.39, 0.29) is 11.5 Å². The molecule has 0 radical (unpaired) electrons. The zero-order chi connectivity index (χ0) is 20.8. The van der Waals surface area contributed by atoms with Gasteiger partial charge in [0.25, 0.3) is 0 Å². The summed E-state index contributed by atoms with van der Waals surface area (Å²) < 4.78 is 5.87. The number of fused-ring (bicyclic) bond motifs is 1. The molecule has 3 aromatic carbocycles. The van der Waals surface area contributed by atoms with Crippen LogP contribution in [-0.2, 0) is 6.61 Å². The van der Waals surface area contributed by atoms with Crippen LogP contribution in [0.5, 0.6) is 5.75 Å². The summed E-state index contributed by atoms with van der Waals surface area (Å²) in [6, 6.07) is 24.8. The standard InChI is InChI=1S/C23H18N4O3/c28-27(29)22-6-3-13-24-23(22)26-25-15-17-8-11-21(12-9-17)30-16-18-7-10-19-4-1-2-5-20(19)14-18/h1-15H,16H2,(H,24,26)/b25-15-. The van der Waals surface area contributed by atoms with Gasteiger partial charge in [-0.1, -0.05) is 36.4 Å². The van der Waals surface area contributed by atoms with Crippen molar-refractivity contribution in [1.29, 1.82) is 0 Å². The lowest BCUT2D eigenvalue weighted by Crippen LogP contribution is -1.99. The maximum atomic E-state index is 11.0. The molecule has 1 N–H and O–H groups in total. The van der Waals surface area contributed by atoms with E-state index in [4.69, 9.17) is 4.74 Å². The van der Waals surface area contributed by atoms with Crippen LogP contribution in [0.1, 0.15) is 11.1 Å². The van der Waals surface area contributed by atoms with Gasteiger partial charge in [-0.3, -0.25) is 15.5 Å². The predicted octanol–water partition coefficient (Wildman–Crippen LogP) is 5.17. The van der Waals surface area contributed by atoms with Crippen LogP contribution in [-0.4, -0.2) is 16.1 Å². The molecular weight excluding hydrogens is 380 g/mol. The molecule has 0 fully saturated rings. The summed E-state index contributed by atoms with van der Waals surface area (Å²) in [4.78, 5) is 14.4. The molecule has 4 rings (SSSR count). The van der Waals surface area contributed by atoms with E-state index in [1.807, 2.05) is 36.4 Å². The highest BCUT2D eigenvalue weighted by Crippen LogP contribution is 2.20. The molecule has 0 saturated heterocycles. The normalized spacial score (nSPS) is 10.9. The summed E-state index contributed by atoms with van der Waals surface area (Å²) in [6.07, 6.45) is 3.03. The minimum absolute atomic E-state index is 0.0917. The smallest absolute Gasteiger partial charge is 0.313 e. The van der Waals surface area contributed by atoms with Gasteiger partial charge in [-0.05, 0) is 58.3 Å². The molecule has 0 amide bonds. The Labute approximate surface area is 172 Å². The van der Waals surface area contributed by atoms with Crippen LogP contribution in [0.4, 0.5) is 11.5 Å². The summed E-state index contributed by atoms with van der Waals surface area (Å²) >= 11 is 0. The van der Waals surface area contributed by atoms with Gasteiger partial charge in [0.15, 0.2) is 0 Å². The summed E-state index contributed by atoms with van der Waals surface area (Å²) in [5.41, 5.74) is 4.39. The third kappa shape index (κ3) is 4.59. The molecule has 30 heavy (non-hydrogen) atoms. The third-order valence-electron chi connectivity index (χ3n) is 4.47. The number of nitrogens with one attached hydrogen (secondary N) is 1. The van der Waals surface area contributed by atoms with Gasteiger partial charge in [-0.15, -0.1) is 0 Å². The summed E-state index contributed by atoms with van der Waals surface area (Å²) in [7, 11) is 0. The fourth-order valence-electron chi connectivity index (χ4n) is 2.94. The molecule has 0 aliphatic carbocycles. The van der Waals surface area contributed by atoms with Gasteiger partial charge < -0.3 is 4.74 Å².